The molecule has 1 unspecified atom stereocenters. The fourth-order valence-electron chi connectivity index (χ4n) is 3.36. The highest BCUT2D eigenvalue weighted by atomic mass is 16.5. The monoisotopic (exact) mass is 403 g/mol. The quantitative estimate of drug-likeness (QED) is 0.465. The van der Waals surface area contributed by atoms with Crippen LogP contribution in [0.25, 0.3) is 0 Å². The molecule has 0 spiro atoms. The highest BCUT2D eigenvalue weighted by Gasteiger charge is 2.15. The number of likely N-dealkylation sites (N-methyl/N-ethyl adjacent to an activating group) is 1. The zero-order chi connectivity index (χ0) is 21.1. The van der Waals surface area contributed by atoms with Gasteiger partial charge in [0, 0.05) is 39.3 Å². The molecule has 1 atom stereocenters. The van der Waals surface area contributed by atoms with Crippen LogP contribution in [0, 0.1) is 5.92 Å². The fraction of sp³-hybridized carbons (Fsp3) is 0.696. The number of nitrogens with one attached hydrogen (secondary N) is 2. The maximum absolute atomic E-state index is 5.78. The van der Waals surface area contributed by atoms with Crippen molar-refractivity contribution in [2.45, 2.75) is 40.7 Å². The van der Waals surface area contributed by atoms with Crippen molar-refractivity contribution >= 4 is 5.96 Å². The summed E-state index contributed by atoms with van der Waals surface area (Å²) in [6, 6.07) is 8.54. The smallest absolute Gasteiger partial charge is 0.191 e. The summed E-state index contributed by atoms with van der Waals surface area (Å²) < 4.78 is 5.78. The van der Waals surface area contributed by atoms with Crippen LogP contribution < -0.4 is 15.4 Å². The van der Waals surface area contributed by atoms with Crippen LogP contribution in [-0.2, 0) is 0 Å². The summed E-state index contributed by atoms with van der Waals surface area (Å²) >= 11 is 0. The summed E-state index contributed by atoms with van der Waals surface area (Å²) in [4.78, 5) is 9.81. The van der Waals surface area contributed by atoms with E-state index < -0.39 is 0 Å². The van der Waals surface area contributed by atoms with Crippen molar-refractivity contribution in [3.63, 3.8) is 0 Å². The molecule has 6 heteroatoms. The lowest BCUT2D eigenvalue weighted by Crippen LogP contribution is -2.47. The lowest BCUT2D eigenvalue weighted by molar-refractivity contribution is 0.140. The normalized spacial score (nSPS) is 17.4. The molecule has 1 aliphatic rings. The van der Waals surface area contributed by atoms with Gasteiger partial charge in [-0.1, -0.05) is 32.9 Å². The van der Waals surface area contributed by atoms with Crippen LogP contribution in [0.5, 0.6) is 5.75 Å². The highest BCUT2D eigenvalue weighted by Crippen LogP contribution is 2.18. The average Bonchev–Trinajstić information content (AvgIpc) is 2.73. The molecule has 1 saturated heterocycles. The molecule has 0 radical (unpaired) electrons. The molecule has 0 aliphatic carbocycles. The molecule has 1 aliphatic heterocycles. The second-order valence-corrected chi connectivity index (χ2v) is 8.18. The van der Waals surface area contributed by atoms with Crippen LogP contribution in [0.3, 0.4) is 0 Å². The van der Waals surface area contributed by atoms with Crippen LogP contribution in [0.4, 0.5) is 0 Å². The number of benzene rings is 1. The van der Waals surface area contributed by atoms with Crippen molar-refractivity contribution in [3.8, 4) is 5.75 Å². The number of ether oxygens (including phenoxy) is 1. The largest absolute Gasteiger partial charge is 0.493 e. The number of rotatable bonds is 10. The summed E-state index contributed by atoms with van der Waals surface area (Å²) in [6.07, 6.45) is 0. The SMILES string of the molecule is CCNC(=NCCN1CCN(CC)CC1)NC(C)c1ccc(OCC(C)C)cc1. The minimum Gasteiger partial charge on any atom is -0.493 e. The number of piperazine rings is 1. The van der Waals surface area contributed by atoms with E-state index in [9.17, 15) is 0 Å². The zero-order valence-corrected chi connectivity index (χ0v) is 19.1. The maximum atomic E-state index is 5.78. The first kappa shape index (κ1) is 23.5. The van der Waals surface area contributed by atoms with E-state index in [1.54, 1.807) is 0 Å². The summed E-state index contributed by atoms with van der Waals surface area (Å²) in [6.45, 7) is 20.1. The third-order valence-corrected chi connectivity index (χ3v) is 5.26. The molecule has 2 N–H and O–H groups in total. The molecule has 0 bridgehead atoms. The summed E-state index contributed by atoms with van der Waals surface area (Å²) in [7, 11) is 0. The number of hydrogen-bond acceptors (Lipinski definition) is 4. The predicted octanol–water partition coefficient (Wildman–Crippen LogP) is 2.98. The summed E-state index contributed by atoms with van der Waals surface area (Å²) in [5.41, 5.74) is 1.23. The van der Waals surface area contributed by atoms with Crippen molar-refractivity contribution in [3.05, 3.63) is 29.8 Å². The third kappa shape index (κ3) is 8.62. The van der Waals surface area contributed by atoms with Crippen molar-refractivity contribution < 1.29 is 4.74 Å². The van der Waals surface area contributed by atoms with E-state index in [1.807, 2.05) is 0 Å². The molecule has 1 heterocycles. The van der Waals surface area contributed by atoms with Crippen LogP contribution in [0.1, 0.15) is 46.2 Å². The first-order chi connectivity index (χ1) is 14.0. The van der Waals surface area contributed by atoms with E-state index in [4.69, 9.17) is 9.73 Å². The van der Waals surface area contributed by atoms with Gasteiger partial charge in [-0.25, -0.2) is 0 Å². The van der Waals surface area contributed by atoms with Crippen molar-refractivity contribution in [2.75, 3.05) is 59.0 Å². The number of nitrogens with zero attached hydrogens (tertiary/aromatic N) is 3. The van der Waals surface area contributed by atoms with Crippen LogP contribution in [0.15, 0.2) is 29.3 Å². The van der Waals surface area contributed by atoms with E-state index in [1.165, 1.54) is 18.7 Å². The first-order valence-electron chi connectivity index (χ1n) is 11.2. The third-order valence-electron chi connectivity index (χ3n) is 5.26. The minimum atomic E-state index is 0.181. The molecule has 0 aromatic heterocycles. The Morgan fingerprint density at radius 3 is 2.28 bits per heavy atom. The Balaban J connectivity index is 1.82. The molecule has 0 amide bonds. The van der Waals surface area contributed by atoms with Crippen LogP contribution in [-0.4, -0.2) is 74.7 Å². The zero-order valence-electron chi connectivity index (χ0n) is 19.1. The molecule has 6 nitrogen and oxygen atoms in total. The van der Waals surface area contributed by atoms with Crippen molar-refractivity contribution in [1.82, 2.24) is 20.4 Å². The van der Waals surface area contributed by atoms with Gasteiger partial charge >= 0.3 is 0 Å². The molecule has 0 saturated carbocycles. The predicted molar refractivity (Wildman–Crippen MR) is 123 cm³/mol. The second kappa shape index (κ2) is 12.7. The van der Waals surface area contributed by atoms with Gasteiger partial charge in [-0.3, -0.25) is 9.89 Å². The Bertz CT molecular complexity index is 594. The van der Waals surface area contributed by atoms with Crippen LogP contribution in [0.2, 0.25) is 0 Å². The molecule has 1 aromatic carbocycles. The Kier molecular flexibility index (Phi) is 10.3. The van der Waals surface area contributed by atoms with Gasteiger partial charge in [0.25, 0.3) is 0 Å². The van der Waals surface area contributed by atoms with Gasteiger partial charge < -0.3 is 20.3 Å². The van der Waals surface area contributed by atoms with E-state index in [0.717, 1.165) is 57.6 Å². The Morgan fingerprint density at radius 2 is 1.69 bits per heavy atom. The van der Waals surface area contributed by atoms with Crippen LogP contribution >= 0.6 is 0 Å². The van der Waals surface area contributed by atoms with Gasteiger partial charge in [-0.15, -0.1) is 0 Å². The maximum Gasteiger partial charge on any atom is 0.191 e. The molecule has 164 valence electrons. The fourth-order valence-corrected chi connectivity index (χ4v) is 3.36. The molecule has 1 aromatic rings. The molecule has 2 rings (SSSR count). The summed E-state index contributed by atoms with van der Waals surface area (Å²) in [5, 5.41) is 6.90. The standard InChI is InChI=1S/C23H41N5O/c1-6-24-23(25-12-13-28-16-14-27(7-2)15-17-28)26-20(5)21-8-10-22(11-9-21)29-18-19(3)4/h8-11,19-20H,6-7,12-18H2,1-5H3,(H2,24,25,26). The lowest BCUT2D eigenvalue weighted by Gasteiger charge is -2.33. The average molecular weight is 404 g/mol. The van der Waals surface area contributed by atoms with Crippen molar-refractivity contribution in [1.29, 1.82) is 0 Å². The first-order valence-corrected chi connectivity index (χ1v) is 11.2. The molecule has 1 fully saturated rings. The van der Waals surface area contributed by atoms with Gasteiger partial charge in [0.1, 0.15) is 5.75 Å². The second-order valence-electron chi connectivity index (χ2n) is 8.18. The molecular formula is C23H41N5O. The lowest BCUT2D eigenvalue weighted by atomic mass is 10.1. The minimum absolute atomic E-state index is 0.181. The number of hydrogen-bond donors (Lipinski definition) is 2. The van der Waals surface area contributed by atoms with E-state index >= 15 is 0 Å². The van der Waals surface area contributed by atoms with E-state index in [0.29, 0.717) is 5.92 Å². The van der Waals surface area contributed by atoms with Gasteiger partial charge in [0.05, 0.1) is 19.2 Å². The Hall–Kier alpha value is -1.79. The van der Waals surface area contributed by atoms with Gasteiger partial charge in [-0.2, -0.15) is 0 Å². The summed E-state index contributed by atoms with van der Waals surface area (Å²) in [5.74, 6) is 2.34. The van der Waals surface area contributed by atoms with E-state index in [2.05, 4.69) is 79.3 Å². The topological polar surface area (TPSA) is 52.1 Å². The van der Waals surface area contributed by atoms with E-state index in [-0.39, 0.29) is 6.04 Å². The Labute approximate surface area is 177 Å². The Morgan fingerprint density at radius 1 is 1.03 bits per heavy atom. The van der Waals surface area contributed by atoms with Gasteiger partial charge in [-0.05, 0) is 44.0 Å². The highest BCUT2D eigenvalue weighted by molar-refractivity contribution is 5.80. The molecular weight excluding hydrogens is 362 g/mol. The van der Waals surface area contributed by atoms with Crippen molar-refractivity contribution in [2.24, 2.45) is 10.9 Å². The number of aliphatic imine (C=N–C) groups is 1. The number of guanidine groups is 1. The van der Waals surface area contributed by atoms with Gasteiger partial charge in [0.2, 0.25) is 0 Å². The van der Waals surface area contributed by atoms with Gasteiger partial charge in [0.15, 0.2) is 5.96 Å². The molecule has 29 heavy (non-hydrogen) atoms.